The number of ether oxygens (including phenoxy) is 2. The van der Waals surface area contributed by atoms with E-state index in [0.717, 1.165) is 11.8 Å². The third-order valence-corrected chi connectivity index (χ3v) is 11.6. The van der Waals surface area contributed by atoms with Crippen molar-refractivity contribution in [1.29, 1.82) is 0 Å². The van der Waals surface area contributed by atoms with Crippen LogP contribution in [0.1, 0.15) is 26.2 Å². The lowest BCUT2D eigenvalue weighted by atomic mass is 9.15. The first-order chi connectivity index (χ1) is 16.6. The van der Waals surface area contributed by atoms with Crippen molar-refractivity contribution >= 4 is 16.9 Å². The van der Waals surface area contributed by atoms with E-state index in [4.69, 9.17) is 9.47 Å². The summed E-state index contributed by atoms with van der Waals surface area (Å²) in [5.41, 5.74) is 0.331. The van der Waals surface area contributed by atoms with E-state index in [1.807, 2.05) is 12.1 Å². The van der Waals surface area contributed by atoms with Gasteiger partial charge in [0.1, 0.15) is 11.4 Å². The van der Waals surface area contributed by atoms with E-state index in [1.54, 1.807) is 0 Å². The quantitative estimate of drug-likeness (QED) is 0.308. The average molecular weight is 470 g/mol. The van der Waals surface area contributed by atoms with Gasteiger partial charge in [-0.2, -0.15) is 0 Å². The molecule has 0 amide bonds. The molecule has 0 heterocycles. The molecule has 1 spiro atoms. The number of carbonyl (C=O) groups is 1. The van der Waals surface area contributed by atoms with Crippen LogP contribution in [-0.4, -0.2) is 18.2 Å². The van der Waals surface area contributed by atoms with Crippen LogP contribution in [-0.2, 0) is 20.4 Å². The number of hydrogen-bond donors (Lipinski definition) is 0. The summed E-state index contributed by atoms with van der Waals surface area (Å²) in [6.45, 7) is 2.14. The Labute approximate surface area is 203 Å². The second-order valence-corrected chi connectivity index (χ2v) is 12.6. The first-order valence-corrected chi connectivity index (χ1v) is 13.6. The molecule has 4 heteroatoms. The SMILES string of the molecule is CC1(OC(=O)COc2ccc([S+](c3ccccc3)c3ccccc3)cc2)C2CC3CC4CC1C342. The van der Waals surface area contributed by atoms with E-state index >= 15 is 0 Å². The number of rotatable bonds is 7. The van der Waals surface area contributed by atoms with Crippen molar-refractivity contribution in [2.45, 2.75) is 46.5 Å². The average Bonchev–Trinajstić information content (AvgIpc) is 2.82. The number of esters is 1. The summed E-state index contributed by atoms with van der Waals surface area (Å²) in [6.07, 6.45) is 3.93. The smallest absolute Gasteiger partial charge is 0.344 e. The summed E-state index contributed by atoms with van der Waals surface area (Å²) in [5.74, 6) is 3.52. The van der Waals surface area contributed by atoms with Crippen molar-refractivity contribution < 1.29 is 14.3 Å². The minimum atomic E-state index is -0.253. The Morgan fingerprint density at radius 1 is 0.794 bits per heavy atom. The maximum atomic E-state index is 12.7. The monoisotopic (exact) mass is 469 g/mol. The highest BCUT2D eigenvalue weighted by Crippen LogP contribution is 2.90. The van der Waals surface area contributed by atoms with Crippen molar-refractivity contribution in [2.75, 3.05) is 6.61 Å². The zero-order valence-electron chi connectivity index (χ0n) is 19.4. The molecular formula is C30H29O3S+. The summed E-state index contributed by atoms with van der Waals surface area (Å²) in [4.78, 5) is 16.4. The minimum absolute atomic E-state index is 0.0304. The molecule has 4 aliphatic carbocycles. The first kappa shape index (κ1) is 20.6. The standard InChI is InChI=1S/C30H29O3S/c1-29(26-17-20-16-21-18-27(29)30(20,21)26)33-28(31)19-32-22-12-14-25(15-13-22)34(23-8-4-2-5-9-23)24-10-6-3-7-11-24/h2-15,20-21,26-27H,16-19H2,1H3/q+1. The third-order valence-electron chi connectivity index (χ3n) is 9.32. The molecule has 3 nitrogen and oxygen atoms in total. The molecular weight excluding hydrogens is 440 g/mol. The van der Waals surface area contributed by atoms with Crippen LogP contribution < -0.4 is 4.74 Å². The van der Waals surface area contributed by atoms with Crippen LogP contribution in [0, 0.1) is 29.1 Å². The van der Waals surface area contributed by atoms with Gasteiger partial charge in [0.2, 0.25) is 0 Å². The Morgan fingerprint density at radius 2 is 1.32 bits per heavy atom. The van der Waals surface area contributed by atoms with Crippen molar-refractivity contribution in [2.24, 2.45) is 29.1 Å². The third kappa shape index (κ3) is 2.69. The lowest BCUT2D eigenvalue weighted by molar-refractivity contribution is -0.455. The summed E-state index contributed by atoms with van der Waals surface area (Å²) in [6, 6.07) is 29.3. The van der Waals surface area contributed by atoms with Gasteiger partial charge >= 0.3 is 5.97 Å². The Balaban J connectivity index is 1.02. The molecule has 0 saturated heterocycles. The molecule has 172 valence electrons. The van der Waals surface area contributed by atoms with Crippen LogP contribution in [0.25, 0.3) is 0 Å². The lowest BCUT2D eigenvalue weighted by Gasteiger charge is -2.90. The zero-order valence-corrected chi connectivity index (χ0v) is 20.2. The van der Waals surface area contributed by atoms with E-state index < -0.39 is 0 Å². The highest BCUT2D eigenvalue weighted by atomic mass is 32.2. The van der Waals surface area contributed by atoms with E-state index in [9.17, 15) is 4.79 Å². The normalized spacial score (nSPS) is 33.8. The second kappa shape index (κ2) is 7.39. The Kier molecular flexibility index (Phi) is 4.48. The molecule has 7 rings (SSSR count). The minimum Gasteiger partial charge on any atom is -0.482 e. The number of carbonyl (C=O) groups excluding carboxylic acids is 1. The van der Waals surface area contributed by atoms with Crippen molar-refractivity contribution in [3.63, 3.8) is 0 Å². The molecule has 4 saturated carbocycles. The summed E-state index contributed by atoms with van der Waals surface area (Å²) < 4.78 is 11.9. The largest absolute Gasteiger partial charge is 0.482 e. The zero-order chi connectivity index (χ0) is 22.9. The van der Waals surface area contributed by atoms with E-state index in [-0.39, 0.29) is 29.1 Å². The highest BCUT2D eigenvalue weighted by Gasteiger charge is 2.89. The predicted octanol–water partition coefficient (Wildman–Crippen LogP) is 6.14. The summed E-state index contributed by atoms with van der Waals surface area (Å²) in [5, 5.41) is 0. The van der Waals surface area contributed by atoms with Gasteiger partial charge in [-0.3, -0.25) is 0 Å². The van der Waals surface area contributed by atoms with Gasteiger partial charge in [0.15, 0.2) is 21.3 Å². The Bertz CT molecular complexity index is 1160. The maximum Gasteiger partial charge on any atom is 0.344 e. The molecule has 34 heavy (non-hydrogen) atoms. The van der Waals surface area contributed by atoms with Crippen LogP contribution in [0.5, 0.6) is 5.75 Å². The van der Waals surface area contributed by atoms with Crippen LogP contribution in [0.3, 0.4) is 0 Å². The fraction of sp³-hybridized carbons (Fsp3) is 0.367. The molecule has 0 aliphatic heterocycles. The molecule has 3 aromatic carbocycles. The van der Waals surface area contributed by atoms with Crippen LogP contribution in [0.15, 0.2) is 99.6 Å². The van der Waals surface area contributed by atoms with Crippen LogP contribution in [0.4, 0.5) is 0 Å². The molecule has 3 aromatic rings. The molecule has 4 fully saturated rings. The van der Waals surface area contributed by atoms with Gasteiger partial charge in [-0.15, -0.1) is 0 Å². The van der Waals surface area contributed by atoms with E-state index in [1.165, 1.54) is 33.9 Å². The fourth-order valence-corrected chi connectivity index (χ4v) is 10.0. The van der Waals surface area contributed by atoms with Gasteiger partial charge in [0.05, 0.1) is 10.9 Å². The van der Waals surface area contributed by atoms with Crippen molar-refractivity contribution in [3.8, 4) is 5.75 Å². The van der Waals surface area contributed by atoms with E-state index in [2.05, 4.69) is 79.7 Å². The lowest BCUT2D eigenvalue weighted by Crippen LogP contribution is -2.90. The van der Waals surface area contributed by atoms with Gasteiger partial charge in [-0.1, -0.05) is 36.4 Å². The van der Waals surface area contributed by atoms with Crippen LogP contribution in [0.2, 0.25) is 0 Å². The Morgan fingerprint density at radius 3 is 1.85 bits per heavy atom. The Hall–Kier alpha value is -2.72. The molecule has 4 atom stereocenters. The topological polar surface area (TPSA) is 35.5 Å². The molecule has 4 unspecified atom stereocenters. The van der Waals surface area contributed by atoms with Crippen molar-refractivity contribution in [1.82, 2.24) is 0 Å². The summed E-state index contributed by atoms with van der Waals surface area (Å²) in [7, 11) is -0.192. The predicted molar refractivity (Wildman–Crippen MR) is 132 cm³/mol. The number of hydrogen-bond acceptors (Lipinski definition) is 3. The highest BCUT2D eigenvalue weighted by molar-refractivity contribution is 7.97. The molecule has 0 aromatic heterocycles. The van der Waals surface area contributed by atoms with Gasteiger partial charge in [0, 0.05) is 11.8 Å². The van der Waals surface area contributed by atoms with Gasteiger partial charge in [-0.05, 0) is 92.0 Å². The molecule has 4 aliphatic rings. The van der Waals surface area contributed by atoms with Crippen LogP contribution >= 0.6 is 0 Å². The van der Waals surface area contributed by atoms with Crippen molar-refractivity contribution in [3.05, 3.63) is 84.9 Å². The van der Waals surface area contributed by atoms with Gasteiger partial charge in [0.25, 0.3) is 0 Å². The van der Waals surface area contributed by atoms with Gasteiger partial charge in [-0.25, -0.2) is 4.79 Å². The molecule has 0 N–H and O–H groups in total. The van der Waals surface area contributed by atoms with Gasteiger partial charge < -0.3 is 9.47 Å². The number of benzene rings is 3. The summed E-state index contributed by atoms with van der Waals surface area (Å²) >= 11 is 0. The fourth-order valence-electron chi connectivity index (χ4n) is 7.92. The first-order valence-electron chi connectivity index (χ1n) is 12.4. The maximum absolute atomic E-state index is 12.7. The van der Waals surface area contributed by atoms with E-state index in [0.29, 0.717) is 23.0 Å². The molecule has 0 radical (unpaired) electrons. The second-order valence-electron chi connectivity index (χ2n) is 10.6. The molecule has 0 bridgehead atoms.